The normalized spacial score (nSPS) is 14.6. The van der Waals surface area contributed by atoms with E-state index in [0.29, 0.717) is 36.1 Å². The van der Waals surface area contributed by atoms with E-state index in [9.17, 15) is 4.79 Å². The summed E-state index contributed by atoms with van der Waals surface area (Å²) in [4.78, 5) is 11.0. The van der Waals surface area contributed by atoms with Crippen LogP contribution in [0.15, 0.2) is 36.2 Å². The number of amides is 1. The van der Waals surface area contributed by atoms with Crippen molar-refractivity contribution < 1.29 is 24.1 Å². The zero-order chi connectivity index (χ0) is 44.1. The molecular formula is C54H95NO5. The summed E-state index contributed by atoms with van der Waals surface area (Å²) in [5.74, 6) is 2.88. The molecule has 0 saturated heterocycles. The van der Waals surface area contributed by atoms with Gasteiger partial charge in [0.15, 0.2) is 5.76 Å². The molecule has 0 spiro atoms. The Bertz CT molecular complexity index is 1330. The third-order valence-electron chi connectivity index (χ3n) is 11.9. The maximum absolute atomic E-state index is 11.0. The van der Waals surface area contributed by atoms with E-state index in [-0.39, 0.29) is 5.92 Å². The Hall–Kier alpha value is -2.63. The Morgan fingerprint density at radius 3 is 1.43 bits per heavy atom. The molecule has 1 amide bonds. The van der Waals surface area contributed by atoms with Crippen LogP contribution in [0.1, 0.15) is 253 Å². The van der Waals surface area contributed by atoms with Gasteiger partial charge in [-0.15, -0.1) is 0 Å². The van der Waals surface area contributed by atoms with Gasteiger partial charge in [0.1, 0.15) is 11.5 Å². The second kappa shape index (κ2) is 30.4. The quantitative estimate of drug-likeness (QED) is 0.0666. The molecule has 0 fully saturated rings. The van der Waals surface area contributed by atoms with Gasteiger partial charge in [-0.3, -0.25) is 5.32 Å². The number of benzene rings is 1. The van der Waals surface area contributed by atoms with E-state index in [1.807, 2.05) is 6.08 Å². The summed E-state index contributed by atoms with van der Waals surface area (Å²) >= 11 is 0. The van der Waals surface area contributed by atoms with Crippen molar-refractivity contribution in [3.8, 4) is 5.75 Å². The second-order valence-electron chi connectivity index (χ2n) is 21.7. The van der Waals surface area contributed by atoms with Crippen LogP contribution in [0, 0.1) is 16.2 Å². The van der Waals surface area contributed by atoms with Gasteiger partial charge in [0.2, 0.25) is 0 Å². The maximum atomic E-state index is 11.0. The molecule has 1 aliphatic carbocycles. The van der Waals surface area contributed by atoms with E-state index in [4.69, 9.17) is 19.3 Å². The molecule has 1 atom stereocenters. The van der Waals surface area contributed by atoms with Crippen molar-refractivity contribution in [1.29, 1.82) is 0 Å². The number of carbonyl (C=O) groups is 1. The van der Waals surface area contributed by atoms with Crippen LogP contribution in [0.5, 0.6) is 5.75 Å². The standard InChI is InChI=1S/C54H95NO5/c1-52(2,3)38-27-19-13-10-16-22-31-42-58-47-37-34-36-45-46(35-26-25-30-41-55-51(56)57)49(59-43-32-23-17-11-14-20-28-39-53(4,5)6)50(48(45)47)60-44-33-24-18-12-15-21-29-40-54(7,8)9/h30,34,36-37,41,46,55H,10-29,31-33,35,38-40,42-44H2,1-9H3,(H,56,57). The first-order chi connectivity index (χ1) is 28.6. The largest absolute Gasteiger partial charge is 0.493 e. The molecule has 0 heterocycles. The summed E-state index contributed by atoms with van der Waals surface area (Å²) in [6.07, 6.45) is 35.3. The van der Waals surface area contributed by atoms with E-state index < -0.39 is 6.09 Å². The van der Waals surface area contributed by atoms with E-state index in [0.717, 1.165) is 61.4 Å². The van der Waals surface area contributed by atoms with Crippen molar-refractivity contribution in [2.75, 3.05) is 19.8 Å². The van der Waals surface area contributed by atoms with Crippen LogP contribution in [0.2, 0.25) is 0 Å². The fourth-order valence-corrected chi connectivity index (χ4v) is 8.34. The van der Waals surface area contributed by atoms with E-state index in [1.54, 1.807) is 0 Å². The number of nitrogens with one attached hydrogen (secondary N) is 1. The summed E-state index contributed by atoms with van der Waals surface area (Å²) in [6, 6.07) is 6.51. The highest BCUT2D eigenvalue weighted by molar-refractivity contribution is 5.77. The lowest BCUT2D eigenvalue weighted by atomic mass is 9.89. The highest BCUT2D eigenvalue weighted by Crippen LogP contribution is 2.49. The Morgan fingerprint density at radius 2 is 0.983 bits per heavy atom. The third-order valence-corrected chi connectivity index (χ3v) is 11.9. The van der Waals surface area contributed by atoms with Gasteiger partial charge >= 0.3 is 6.09 Å². The molecule has 1 aliphatic rings. The highest BCUT2D eigenvalue weighted by atomic mass is 16.5. The van der Waals surface area contributed by atoms with Crippen molar-refractivity contribution in [3.05, 3.63) is 47.4 Å². The van der Waals surface area contributed by atoms with Gasteiger partial charge in [0, 0.05) is 12.1 Å². The number of hydrogen-bond acceptors (Lipinski definition) is 4. The number of hydrogen-bond donors (Lipinski definition) is 2. The van der Waals surface area contributed by atoms with Crippen LogP contribution in [-0.4, -0.2) is 31.0 Å². The van der Waals surface area contributed by atoms with Gasteiger partial charge in [-0.25, -0.2) is 4.79 Å². The Morgan fingerprint density at radius 1 is 0.567 bits per heavy atom. The molecule has 2 N–H and O–H groups in total. The van der Waals surface area contributed by atoms with Crippen LogP contribution in [0.4, 0.5) is 4.79 Å². The molecule has 0 aromatic heterocycles. The summed E-state index contributed by atoms with van der Waals surface area (Å²) in [7, 11) is 0. The minimum atomic E-state index is -1.04. The number of allylic oxidation sites excluding steroid dienone is 2. The van der Waals surface area contributed by atoms with Crippen molar-refractivity contribution in [2.45, 2.75) is 242 Å². The molecule has 60 heavy (non-hydrogen) atoms. The van der Waals surface area contributed by atoms with Gasteiger partial charge in [-0.2, -0.15) is 0 Å². The number of ether oxygens (including phenoxy) is 3. The average Bonchev–Trinajstić information content (AvgIpc) is 3.46. The summed E-state index contributed by atoms with van der Waals surface area (Å²) in [6.45, 7) is 23.2. The van der Waals surface area contributed by atoms with Crippen LogP contribution in [-0.2, 0) is 9.47 Å². The lowest BCUT2D eigenvalue weighted by Gasteiger charge is -2.18. The fourth-order valence-electron chi connectivity index (χ4n) is 8.34. The first kappa shape index (κ1) is 53.5. The molecule has 346 valence electrons. The van der Waals surface area contributed by atoms with Gasteiger partial charge in [-0.05, 0) is 85.7 Å². The van der Waals surface area contributed by atoms with Crippen molar-refractivity contribution >= 4 is 11.9 Å². The molecule has 1 aromatic rings. The third kappa shape index (κ3) is 26.6. The Balaban J connectivity index is 2.09. The van der Waals surface area contributed by atoms with Crippen LogP contribution in [0.25, 0.3) is 5.76 Å². The predicted octanol–water partition coefficient (Wildman–Crippen LogP) is 17.3. The van der Waals surface area contributed by atoms with Crippen LogP contribution < -0.4 is 10.1 Å². The summed E-state index contributed by atoms with van der Waals surface area (Å²) in [5, 5.41) is 11.3. The minimum absolute atomic E-state index is 0.0913. The predicted molar refractivity (Wildman–Crippen MR) is 257 cm³/mol. The van der Waals surface area contributed by atoms with E-state index in [2.05, 4.69) is 85.8 Å². The lowest BCUT2D eigenvalue weighted by molar-refractivity contribution is 0.170. The fraction of sp³-hybridized carbons (Fsp3) is 0.796. The SMILES string of the molecule is CC(C)(C)CCCCCCCCCOC1=C(OCCCCCCCCCC(C)(C)C)C(CCCC=CNC(=O)O)c2cccc(OCCCCCCCCCC(C)(C)C)c21. The molecule has 1 unspecified atom stereocenters. The molecule has 6 nitrogen and oxygen atoms in total. The number of rotatable bonds is 35. The van der Waals surface area contributed by atoms with Gasteiger partial charge < -0.3 is 19.3 Å². The molecule has 1 aromatic carbocycles. The van der Waals surface area contributed by atoms with Crippen molar-refractivity contribution in [2.24, 2.45) is 16.2 Å². The highest BCUT2D eigenvalue weighted by Gasteiger charge is 2.36. The Kier molecular flexibility index (Phi) is 27.1. The molecule has 0 radical (unpaired) electrons. The zero-order valence-electron chi connectivity index (χ0n) is 40.8. The average molecular weight is 838 g/mol. The summed E-state index contributed by atoms with van der Waals surface area (Å²) in [5.41, 5.74) is 3.64. The van der Waals surface area contributed by atoms with Crippen LogP contribution in [0.3, 0.4) is 0 Å². The molecular weight excluding hydrogens is 743 g/mol. The van der Waals surface area contributed by atoms with Crippen molar-refractivity contribution in [3.63, 3.8) is 0 Å². The zero-order valence-corrected chi connectivity index (χ0v) is 40.8. The van der Waals surface area contributed by atoms with Gasteiger partial charge in [0.05, 0.1) is 25.4 Å². The molecule has 6 heteroatoms. The number of unbranched alkanes of at least 4 members (excludes halogenated alkanes) is 19. The molecule has 0 saturated carbocycles. The maximum Gasteiger partial charge on any atom is 0.408 e. The number of carboxylic acid groups (broad SMARTS) is 1. The number of fused-ring (bicyclic) bond motifs is 1. The monoisotopic (exact) mass is 838 g/mol. The Labute approximate surface area is 370 Å². The van der Waals surface area contributed by atoms with Crippen LogP contribution >= 0.6 is 0 Å². The van der Waals surface area contributed by atoms with Gasteiger partial charge in [-0.1, -0.05) is 196 Å². The van der Waals surface area contributed by atoms with E-state index >= 15 is 0 Å². The first-order valence-corrected chi connectivity index (χ1v) is 25.0. The van der Waals surface area contributed by atoms with Crippen molar-refractivity contribution in [1.82, 2.24) is 5.32 Å². The molecule has 0 bridgehead atoms. The molecule has 2 rings (SSSR count). The lowest BCUT2D eigenvalue weighted by Crippen LogP contribution is -2.12. The molecule has 0 aliphatic heterocycles. The van der Waals surface area contributed by atoms with E-state index in [1.165, 1.54) is 147 Å². The van der Waals surface area contributed by atoms with Gasteiger partial charge in [0.25, 0.3) is 0 Å². The second-order valence-corrected chi connectivity index (χ2v) is 21.7. The first-order valence-electron chi connectivity index (χ1n) is 25.0. The smallest absolute Gasteiger partial charge is 0.408 e. The minimum Gasteiger partial charge on any atom is -0.493 e. The summed E-state index contributed by atoms with van der Waals surface area (Å²) < 4.78 is 20.3. The topological polar surface area (TPSA) is 77.0 Å².